The second-order valence-electron chi connectivity index (χ2n) is 4.44. The second-order valence-corrected chi connectivity index (χ2v) is 7.21. The fourth-order valence-electron chi connectivity index (χ4n) is 2.23. The van der Waals surface area contributed by atoms with E-state index in [0.717, 1.165) is 16.9 Å². The molecule has 0 radical (unpaired) electrons. The minimum Gasteiger partial charge on any atom is -0.323 e. The Morgan fingerprint density at radius 1 is 1.35 bits per heavy atom. The fourth-order valence-corrected chi connectivity index (χ4v) is 5.10. The lowest BCUT2D eigenvalue weighted by atomic mass is 9.98. The van der Waals surface area contributed by atoms with Crippen molar-refractivity contribution in [2.75, 3.05) is 11.5 Å². The molecule has 2 rings (SSSR count). The van der Waals surface area contributed by atoms with Gasteiger partial charge in [-0.2, -0.15) is 23.5 Å². The molecule has 1 aliphatic heterocycles. The van der Waals surface area contributed by atoms with E-state index in [-0.39, 0.29) is 11.9 Å². The number of halogens is 1. The van der Waals surface area contributed by atoms with Crippen LogP contribution in [0.1, 0.15) is 24.1 Å². The highest BCUT2D eigenvalue weighted by molar-refractivity contribution is 8.07. The topological polar surface area (TPSA) is 26.0 Å². The quantitative estimate of drug-likeness (QED) is 0.893. The summed E-state index contributed by atoms with van der Waals surface area (Å²) in [4.78, 5) is 0. The van der Waals surface area contributed by atoms with E-state index in [1.807, 2.05) is 36.5 Å². The Morgan fingerprint density at radius 3 is 2.71 bits per heavy atom. The van der Waals surface area contributed by atoms with Crippen molar-refractivity contribution < 1.29 is 4.39 Å². The Morgan fingerprint density at radius 2 is 2.06 bits per heavy atom. The standard InChI is InChI=1S/C13H18FNS2/c1-8-7-10(14)3-4-11(8)12(15)13-9(2)16-5-6-17-13/h3-4,7,9,12-13H,5-6,15H2,1-2H3. The molecule has 0 bridgehead atoms. The summed E-state index contributed by atoms with van der Waals surface area (Å²) >= 11 is 3.93. The smallest absolute Gasteiger partial charge is 0.123 e. The summed E-state index contributed by atoms with van der Waals surface area (Å²) in [6.45, 7) is 4.17. The Balaban J connectivity index is 2.20. The van der Waals surface area contributed by atoms with Crippen LogP contribution in [0.4, 0.5) is 4.39 Å². The molecule has 3 unspecified atom stereocenters. The average Bonchev–Trinajstić information content (AvgIpc) is 2.29. The van der Waals surface area contributed by atoms with Gasteiger partial charge in [-0.05, 0) is 30.2 Å². The number of rotatable bonds is 2. The van der Waals surface area contributed by atoms with Gasteiger partial charge >= 0.3 is 0 Å². The molecule has 0 aromatic heterocycles. The Hall–Kier alpha value is -0.190. The number of aryl methyl sites for hydroxylation is 1. The third kappa shape index (κ3) is 2.98. The minimum atomic E-state index is -0.183. The molecular weight excluding hydrogens is 253 g/mol. The van der Waals surface area contributed by atoms with Crippen molar-refractivity contribution in [1.29, 1.82) is 0 Å². The molecule has 1 fully saturated rings. The minimum absolute atomic E-state index is 0.00315. The van der Waals surface area contributed by atoms with Crippen LogP contribution in [0, 0.1) is 12.7 Å². The maximum atomic E-state index is 13.1. The molecule has 0 saturated carbocycles. The highest BCUT2D eigenvalue weighted by Gasteiger charge is 2.29. The summed E-state index contributed by atoms with van der Waals surface area (Å²) in [5.41, 5.74) is 8.40. The zero-order valence-corrected chi connectivity index (χ0v) is 11.8. The van der Waals surface area contributed by atoms with Crippen LogP contribution < -0.4 is 5.73 Å². The van der Waals surface area contributed by atoms with Crippen molar-refractivity contribution in [3.8, 4) is 0 Å². The van der Waals surface area contributed by atoms with E-state index < -0.39 is 0 Å². The van der Waals surface area contributed by atoms with E-state index in [0.29, 0.717) is 10.5 Å². The first-order valence-electron chi connectivity index (χ1n) is 5.84. The second kappa shape index (κ2) is 5.63. The Kier molecular flexibility index (Phi) is 4.39. The molecule has 2 N–H and O–H groups in total. The van der Waals surface area contributed by atoms with Crippen LogP contribution >= 0.6 is 23.5 Å². The van der Waals surface area contributed by atoms with E-state index >= 15 is 0 Å². The van der Waals surface area contributed by atoms with Gasteiger partial charge in [-0.1, -0.05) is 13.0 Å². The van der Waals surface area contributed by atoms with Gasteiger partial charge in [-0.25, -0.2) is 4.39 Å². The van der Waals surface area contributed by atoms with Crippen LogP contribution in [0.3, 0.4) is 0 Å². The number of thioether (sulfide) groups is 2. The molecule has 1 aromatic rings. The van der Waals surface area contributed by atoms with Crippen LogP contribution in [0.15, 0.2) is 18.2 Å². The first kappa shape index (κ1) is 13.2. The van der Waals surface area contributed by atoms with Crippen LogP contribution in [-0.2, 0) is 0 Å². The van der Waals surface area contributed by atoms with Gasteiger partial charge in [0.15, 0.2) is 0 Å². The van der Waals surface area contributed by atoms with E-state index in [2.05, 4.69) is 6.92 Å². The lowest BCUT2D eigenvalue weighted by Crippen LogP contribution is -2.34. The lowest BCUT2D eigenvalue weighted by Gasteiger charge is -2.33. The van der Waals surface area contributed by atoms with Crippen LogP contribution in [0.2, 0.25) is 0 Å². The van der Waals surface area contributed by atoms with Crippen molar-refractivity contribution in [2.24, 2.45) is 5.73 Å². The number of hydrogen-bond donors (Lipinski definition) is 1. The van der Waals surface area contributed by atoms with Gasteiger partial charge in [-0.3, -0.25) is 0 Å². The monoisotopic (exact) mass is 271 g/mol. The van der Waals surface area contributed by atoms with Crippen molar-refractivity contribution in [2.45, 2.75) is 30.4 Å². The van der Waals surface area contributed by atoms with Crippen LogP contribution in [-0.4, -0.2) is 22.0 Å². The molecule has 17 heavy (non-hydrogen) atoms. The number of nitrogens with two attached hydrogens (primary N) is 1. The van der Waals surface area contributed by atoms with E-state index in [1.165, 1.54) is 11.8 Å². The first-order valence-corrected chi connectivity index (χ1v) is 7.94. The zero-order valence-electron chi connectivity index (χ0n) is 10.2. The molecule has 3 atom stereocenters. The average molecular weight is 271 g/mol. The molecule has 1 aromatic carbocycles. The van der Waals surface area contributed by atoms with Crippen molar-refractivity contribution in [3.05, 3.63) is 35.1 Å². The van der Waals surface area contributed by atoms with Gasteiger partial charge in [0, 0.05) is 28.0 Å². The molecule has 1 aliphatic rings. The molecule has 1 heterocycles. The van der Waals surface area contributed by atoms with Crippen molar-refractivity contribution in [1.82, 2.24) is 0 Å². The van der Waals surface area contributed by atoms with Gasteiger partial charge in [-0.15, -0.1) is 0 Å². The summed E-state index contributed by atoms with van der Waals surface area (Å²) in [7, 11) is 0. The van der Waals surface area contributed by atoms with Gasteiger partial charge in [0.05, 0.1) is 0 Å². The summed E-state index contributed by atoms with van der Waals surface area (Å²) in [5.74, 6) is 2.18. The van der Waals surface area contributed by atoms with Gasteiger partial charge in [0.25, 0.3) is 0 Å². The predicted octanol–water partition coefficient (Wildman–Crippen LogP) is 3.37. The molecule has 4 heteroatoms. The fraction of sp³-hybridized carbons (Fsp3) is 0.538. The lowest BCUT2D eigenvalue weighted by molar-refractivity contribution is 0.618. The Labute approximate surface area is 111 Å². The van der Waals surface area contributed by atoms with E-state index in [1.54, 1.807) is 6.07 Å². The predicted molar refractivity (Wildman–Crippen MR) is 76.2 cm³/mol. The largest absolute Gasteiger partial charge is 0.323 e. The van der Waals surface area contributed by atoms with Gasteiger partial charge < -0.3 is 5.73 Å². The summed E-state index contributed by atoms with van der Waals surface area (Å²) in [5, 5.41) is 0.992. The summed E-state index contributed by atoms with van der Waals surface area (Å²) in [6, 6.07) is 4.92. The molecule has 0 spiro atoms. The Bertz CT molecular complexity index is 397. The number of hydrogen-bond acceptors (Lipinski definition) is 3. The molecule has 0 amide bonds. The molecule has 94 valence electrons. The number of benzene rings is 1. The van der Waals surface area contributed by atoms with Gasteiger partial charge in [0.2, 0.25) is 0 Å². The van der Waals surface area contributed by atoms with Crippen molar-refractivity contribution >= 4 is 23.5 Å². The molecule has 1 nitrogen and oxygen atoms in total. The third-order valence-electron chi connectivity index (χ3n) is 3.18. The SMILES string of the molecule is Cc1cc(F)ccc1C(N)C1SCCSC1C. The normalized spacial score (nSPS) is 26.8. The van der Waals surface area contributed by atoms with Gasteiger partial charge in [0.1, 0.15) is 5.82 Å². The molecular formula is C13H18FNS2. The van der Waals surface area contributed by atoms with Crippen molar-refractivity contribution in [3.63, 3.8) is 0 Å². The third-order valence-corrected chi connectivity index (χ3v) is 6.40. The maximum Gasteiger partial charge on any atom is 0.123 e. The highest BCUT2D eigenvalue weighted by atomic mass is 32.2. The first-order chi connectivity index (χ1) is 8.09. The molecule has 0 aliphatic carbocycles. The zero-order chi connectivity index (χ0) is 12.4. The summed E-state index contributed by atoms with van der Waals surface area (Å²) in [6.07, 6.45) is 0. The summed E-state index contributed by atoms with van der Waals surface area (Å²) < 4.78 is 13.1. The van der Waals surface area contributed by atoms with Crippen LogP contribution in [0.5, 0.6) is 0 Å². The highest BCUT2D eigenvalue weighted by Crippen LogP contribution is 2.38. The van der Waals surface area contributed by atoms with E-state index in [4.69, 9.17) is 5.73 Å². The van der Waals surface area contributed by atoms with E-state index in [9.17, 15) is 4.39 Å². The maximum absolute atomic E-state index is 13.1. The molecule has 1 saturated heterocycles. The van der Waals surface area contributed by atoms with Crippen LogP contribution in [0.25, 0.3) is 0 Å².